The second-order valence-electron chi connectivity index (χ2n) is 7.33. The first-order chi connectivity index (χ1) is 13.8. The van der Waals surface area contributed by atoms with Crippen molar-refractivity contribution >= 4 is 23.1 Å². The lowest BCUT2D eigenvalue weighted by Crippen LogP contribution is -2.36. The molecule has 0 bridgehead atoms. The molecule has 0 saturated heterocycles. The number of hydrogen-bond acceptors (Lipinski definition) is 4. The third-order valence-corrected chi connectivity index (χ3v) is 5.60. The van der Waals surface area contributed by atoms with E-state index in [1.165, 1.54) is 16.8 Å². The molecule has 0 unspecified atom stereocenters. The third kappa shape index (κ3) is 2.93. The van der Waals surface area contributed by atoms with Gasteiger partial charge < -0.3 is 9.80 Å². The summed E-state index contributed by atoms with van der Waals surface area (Å²) in [6.45, 7) is 1.64. The fraction of sp³-hybridized carbons (Fsp3) is 0.261. The van der Waals surface area contributed by atoms with Crippen LogP contribution in [0.15, 0.2) is 60.9 Å². The minimum atomic E-state index is -0.0785. The molecular weight excluding hydrogens is 348 g/mol. The van der Waals surface area contributed by atoms with Gasteiger partial charge in [0.15, 0.2) is 5.82 Å². The summed E-state index contributed by atoms with van der Waals surface area (Å²) in [5, 5.41) is 0. The van der Waals surface area contributed by atoms with Crippen LogP contribution in [0.5, 0.6) is 0 Å². The minimum absolute atomic E-state index is 0.0785. The van der Waals surface area contributed by atoms with Crippen molar-refractivity contribution in [3.05, 3.63) is 77.7 Å². The van der Waals surface area contributed by atoms with E-state index in [0.717, 1.165) is 50.3 Å². The molecule has 1 aromatic heterocycles. The zero-order valence-electron chi connectivity index (χ0n) is 15.7. The molecule has 1 amide bonds. The number of carbonyl (C=O) groups excluding carboxylic acids is 1. The van der Waals surface area contributed by atoms with Crippen molar-refractivity contribution in [2.75, 3.05) is 22.9 Å². The van der Waals surface area contributed by atoms with Crippen LogP contribution in [0, 0.1) is 0 Å². The standard InChI is InChI=1S/C23H22N4O/c28-23(27-14-6-10-18-8-2-4-12-21(18)27)19-15-25-22(16-24-19)26-13-5-9-17-7-1-3-11-20(17)26/h1-4,7-8,11-12,15-16H,5-6,9-10,13-14H2. The van der Waals surface area contributed by atoms with Gasteiger partial charge in [-0.3, -0.25) is 4.79 Å². The average molecular weight is 370 g/mol. The Balaban J connectivity index is 1.42. The number of amides is 1. The largest absolute Gasteiger partial charge is 0.325 e. The quantitative estimate of drug-likeness (QED) is 0.680. The summed E-state index contributed by atoms with van der Waals surface area (Å²) >= 11 is 0. The Morgan fingerprint density at radius 1 is 0.786 bits per heavy atom. The van der Waals surface area contributed by atoms with Crippen LogP contribution in [0.2, 0.25) is 0 Å². The van der Waals surface area contributed by atoms with Crippen LogP contribution < -0.4 is 9.80 Å². The van der Waals surface area contributed by atoms with E-state index in [1.807, 2.05) is 23.1 Å². The lowest BCUT2D eigenvalue weighted by atomic mass is 10.0. The van der Waals surface area contributed by atoms with Crippen LogP contribution in [-0.2, 0) is 12.8 Å². The lowest BCUT2D eigenvalue weighted by Gasteiger charge is -2.30. The molecule has 5 nitrogen and oxygen atoms in total. The predicted octanol–water partition coefficient (Wildman–Crippen LogP) is 4.15. The first-order valence-corrected chi connectivity index (χ1v) is 9.88. The van der Waals surface area contributed by atoms with Crippen LogP contribution in [0.4, 0.5) is 17.2 Å². The zero-order chi connectivity index (χ0) is 18.9. The Bertz CT molecular complexity index is 1020. The number of rotatable bonds is 2. The van der Waals surface area contributed by atoms with Gasteiger partial charge in [-0.1, -0.05) is 36.4 Å². The molecule has 0 N–H and O–H groups in total. The van der Waals surface area contributed by atoms with E-state index in [4.69, 9.17) is 0 Å². The van der Waals surface area contributed by atoms with Crippen LogP contribution in [0.1, 0.15) is 34.5 Å². The second kappa shape index (κ2) is 7.08. The van der Waals surface area contributed by atoms with Crippen molar-refractivity contribution in [1.29, 1.82) is 0 Å². The minimum Gasteiger partial charge on any atom is -0.325 e. The van der Waals surface area contributed by atoms with Gasteiger partial charge in [0.05, 0.1) is 12.4 Å². The lowest BCUT2D eigenvalue weighted by molar-refractivity contribution is 0.0980. The Hall–Kier alpha value is -3.21. The van der Waals surface area contributed by atoms with Gasteiger partial charge in [-0.15, -0.1) is 0 Å². The maximum Gasteiger partial charge on any atom is 0.278 e. The van der Waals surface area contributed by atoms with Gasteiger partial charge in [-0.2, -0.15) is 0 Å². The van der Waals surface area contributed by atoms with Gasteiger partial charge in [-0.05, 0) is 48.9 Å². The number of para-hydroxylation sites is 2. The third-order valence-electron chi connectivity index (χ3n) is 5.60. The fourth-order valence-electron chi connectivity index (χ4n) is 4.23. The number of aryl methyl sites for hydroxylation is 2. The molecule has 0 fully saturated rings. The number of aromatic nitrogens is 2. The van der Waals surface area contributed by atoms with Crippen LogP contribution in [0.3, 0.4) is 0 Å². The Morgan fingerprint density at radius 3 is 2.21 bits per heavy atom. The number of fused-ring (bicyclic) bond motifs is 2. The highest BCUT2D eigenvalue weighted by atomic mass is 16.2. The van der Waals surface area contributed by atoms with E-state index in [1.54, 1.807) is 12.4 Å². The van der Waals surface area contributed by atoms with E-state index >= 15 is 0 Å². The van der Waals surface area contributed by atoms with Crippen molar-refractivity contribution in [2.45, 2.75) is 25.7 Å². The monoisotopic (exact) mass is 370 g/mol. The van der Waals surface area contributed by atoms with E-state index in [9.17, 15) is 4.79 Å². The number of hydrogen-bond donors (Lipinski definition) is 0. The molecule has 2 aliphatic rings. The Kier molecular flexibility index (Phi) is 4.28. The number of nitrogens with zero attached hydrogens (tertiary/aromatic N) is 4. The first-order valence-electron chi connectivity index (χ1n) is 9.88. The zero-order valence-corrected chi connectivity index (χ0v) is 15.7. The smallest absolute Gasteiger partial charge is 0.278 e. The number of benzene rings is 2. The van der Waals surface area contributed by atoms with Crippen LogP contribution >= 0.6 is 0 Å². The highest BCUT2D eigenvalue weighted by Crippen LogP contribution is 2.32. The highest BCUT2D eigenvalue weighted by molar-refractivity contribution is 6.05. The van der Waals surface area contributed by atoms with Crippen molar-refractivity contribution in [2.24, 2.45) is 0 Å². The van der Waals surface area contributed by atoms with Gasteiger partial charge >= 0.3 is 0 Å². The summed E-state index contributed by atoms with van der Waals surface area (Å²) in [5.74, 6) is 0.716. The summed E-state index contributed by atoms with van der Waals surface area (Å²) in [7, 11) is 0. The molecule has 0 saturated carbocycles. The summed E-state index contributed by atoms with van der Waals surface area (Å²) in [5.41, 5.74) is 5.13. The molecule has 5 heteroatoms. The second-order valence-corrected chi connectivity index (χ2v) is 7.33. The summed E-state index contributed by atoms with van der Waals surface area (Å²) in [6, 6.07) is 16.5. The van der Waals surface area contributed by atoms with Gasteiger partial charge in [0.25, 0.3) is 5.91 Å². The normalized spacial score (nSPS) is 15.7. The molecule has 28 heavy (non-hydrogen) atoms. The summed E-state index contributed by atoms with van der Waals surface area (Å²) in [4.78, 5) is 26.1. The Labute approximate surface area is 164 Å². The van der Waals surface area contributed by atoms with Crippen molar-refractivity contribution in [3.63, 3.8) is 0 Å². The summed E-state index contributed by atoms with van der Waals surface area (Å²) < 4.78 is 0. The topological polar surface area (TPSA) is 49.3 Å². The van der Waals surface area contributed by atoms with Gasteiger partial charge in [0.2, 0.25) is 0 Å². The van der Waals surface area contributed by atoms with Gasteiger partial charge in [-0.25, -0.2) is 9.97 Å². The molecule has 0 spiro atoms. The molecule has 0 radical (unpaired) electrons. The molecule has 5 rings (SSSR count). The van der Waals surface area contributed by atoms with E-state index in [0.29, 0.717) is 5.69 Å². The van der Waals surface area contributed by atoms with Crippen molar-refractivity contribution in [1.82, 2.24) is 9.97 Å². The fourth-order valence-corrected chi connectivity index (χ4v) is 4.23. The van der Waals surface area contributed by atoms with Crippen molar-refractivity contribution in [3.8, 4) is 0 Å². The highest BCUT2D eigenvalue weighted by Gasteiger charge is 2.25. The molecule has 140 valence electrons. The molecule has 2 aromatic carbocycles. The number of carbonyl (C=O) groups is 1. The summed E-state index contributed by atoms with van der Waals surface area (Å²) in [6.07, 6.45) is 7.50. The van der Waals surface area contributed by atoms with E-state index in [-0.39, 0.29) is 5.91 Å². The van der Waals surface area contributed by atoms with Gasteiger partial charge in [0.1, 0.15) is 5.69 Å². The average Bonchev–Trinajstić information content (AvgIpc) is 2.78. The van der Waals surface area contributed by atoms with Crippen molar-refractivity contribution < 1.29 is 4.79 Å². The SMILES string of the molecule is O=C(c1cnc(N2CCCc3ccccc32)cn1)N1CCCc2ccccc21. The molecule has 3 aromatic rings. The molecule has 0 atom stereocenters. The number of anilines is 3. The first kappa shape index (κ1) is 16.9. The van der Waals surface area contributed by atoms with E-state index in [2.05, 4.69) is 45.2 Å². The molecule has 2 aliphatic heterocycles. The van der Waals surface area contributed by atoms with E-state index < -0.39 is 0 Å². The molecule has 3 heterocycles. The van der Waals surface area contributed by atoms with Crippen LogP contribution in [0.25, 0.3) is 0 Å². The van der Waals surface area contributed by atoms with Crippen LogP contribution in [-0.4, -0.2) is 29.0 Å². The Morgan fingerprint density at radius 2 is 1.46 bits per heavy atom. The maximum absolute atomic E-state index is 13.1. The maximum atomic E-state index is 13.1. The molecule has 0 aliphatic carbocycles. The predicted molar refractivity (Wildman–Crippen MR) is 110 cm³/mol. The molecular formula is C23H22N4O. The van der Waals surface area contributed by atoms with Gasteiger partial charge in [0, 0.05) is 24.5 Å².